The molecule has 7 rings (SSSR count). The number of aliphatic hydroxyl groups is 3. The first-order chi connectivity index (χ1) is 45.7. The van der Waals surface area contributed by atoms with Crippen LogP contribution in [0.15, 0.2) is 47.5 Å². The van der Waals surface area contributed by atoms with E-state index in [-0.39, 0.29) is 60.3 Å². The maximum Gasteiger partial charge on any atom is 0.246 e. The third kappa shape index (κ3) is 18.9. The Bertz CT molecular complexity index is 3680. The molecule has 2 aromatic carbocycles. The Hall–Kier alpha value is -9.61. The quantitative estimate of drug-likeness (QED) is 0.0530. The largest absolute Gasteiger partial charge is 0.508 e. The molecule has 5 heterocycles. The van der Waals surface area contributed by atoms with Gasteiger partial charge in [-0.15, -0.1) is 0 Å². The van der Waals surface area contributed by atoms with Crippen molar-refractivity contribution in [1.82, 2.24) is 68.0 Å². The van der Waals surface area contributed by atoms with Crippen molar-refractivity contribution in [3.05, 3.63) is 53.6 Å². The minimum atomic E-state index is -5.05. The fourth-order valence-corrected chi connectivity index (χ4v) is 13.2. The second kappa shape index (κ2) is 32.4. The summed E-state index contributed by atoms with van der Waals surface area (Å²) in [5, 5.41) is 69.1. The van der Waals surface area contributed by atoms with Crippen molar-refractivity contribution >= 4 is 109 Å². The molecule has 2 saturated heterocycles. The molecule has 0 spiro atoms. The van der Waals surface area contributed by atoms with Gasteiger partial charge in [0.2, 0.25) is 82.7 Å². The van der Waals surface area contributed by atoms with Gasteiger partial charge in [-0.05, 0) is 54.2 Å². The van der Waals surface area contributed by atoms with Crippen LogP contribution in [0.1, 0.15) is 91.7 Å². The number of carbonyl (C=O) groups excluding carboxylic acids is 14. The van der Waals surface area contributed by atoms with Gasteiger partial charge in [0.25, 0.3) is 0 Å². The molecule has 14 amide bonds. The lowest BCUT2D eigenvalue weighted by Gasteiger charge is -2.33. The van der Waals surface area contributed by atoms with Gasteiger partial charge >= 0.3 is 0 Å². The number of aromatic hydroxyl groups is 1. The molecule has 35 heteroatoms. The van der Waals surface area contributed by atoms with Gasteiger partial charge < -0.3 is 88.8 Å². The molecule has 13 atom stereocenters. The van der Waals surface area contributed by atoms with Crippen LogP contribution in [-0.2, 0) is 89.9 Å². The van der Waals surface area contributed by atoms with Crippen LogP contribution in [0.4, 0.5) is 5.69 Å². The number of aromatic nitrogens is 1. The third-order valence-corrected chi connectivity index (χ3v) is 19.2. The number of likely N-dealkylation sites (tertiary alicyclic amines) is 1. The van der Waals surface area contributed by atoms with Gasteiger partial charge in [0, 0.05) is 74.3 Å². The molecule has 3 aromatic rings. The van der Waals surface area contributed by atoms with Crippen LogP contribution in [0.5, 0.6) is 5.75 Å². The van der Waals surface area contributed by atoms with Crippen LogP contribution in [0.2, 0.25) is 0 Å². The van der Waals surface area contributed by atoms with Gasteiger partial charge in [-0.2, -0.15) is 0 Å². The number of rotatable bonds is 18. The third-order valence-electron chi connectivity index (χ3n) is 17.4. The van der Waals surface area contributed by atoms with Gasteiger partial charge in [0.15, 0.2) is 9.84 Å². The van der Waals surface area contributed by atoms with E-state index < -0.39 is 233 Å². The van der Waals surface area contributed by atoms with Crippen LogP contribution < -0.4 is 58.5 Å². The molecular formula is C62H84N14O20S. The highest BCUT2D eigenvalue weighted by molar-refractivity contribution is 7.91. The Balaban J connectivity index is 1.17. The summed E-state index contributed by atoms with van der Waals surface area (Å²) >= 11 is 0. The van der Waals surface area contributed by atoms with E-state index in [1.165, 1.54) is 50.2 Å². The van der Waals surface area contributed by atoms with E-state index in [2.05, 4.69) is 63.5 Å². The molecule has 4 aliphatic rings. The number of aliphatic hydroxyl groups excluding tert-OH is 3. The number of sulfone groups is 1. The smallest absolute Gasteiger partial charge is 0.246 e. The zero-order valence-electron chi connectivity index (χ0n) is 54.4. The minimum Gasteiger partial charge on any atom is -0.508 e. The van der Waals surface area contributed by atoms with Crippen LogP contribution in [0, 0.1) is 23.7 Å². The second-order valence-corrected chi connectivity index (χ2v) is 27.1. The Kier molecular flexibility index (Phi) is 25.0. The number of nitrogens with zero attached hydrogens (tertiary/aromatic N) is 2. The number of benzene rings is 2. The SMILES string of the molecule is CC[C@H](C)[C@@H]1NC(=O)CNC(=O)[C@@H]2Cc3c([nH]c4cc(O)ccc34)S(=O)(=O)C[C@H](NC(=O)CNC1=O)C(=O)N[C@@H](CC(=O)NCc1ccc(NC(=O)[C@H](C)NC(=O)[C@@H](NC(=O)CCN3C(=O)CC(C)C3=O)C(C)C)cc1)C(=O)N1C[C@H](O)C[C@H]1C(=O)N[C@@H]([C@@H](C)[C@@H](O)CO)C(=O)N2. The van der Waals surface area contributed by atoms with Crippen LogP contribution in [0.3, 0.4) is 0 Å². The van der Waals surface area contributed by atoms with Crippen molar-refractivity contribution in [3.8, 4) is 5.75 Å². The molecule has 528 valence electrons. The van der Waals surface area contributed by atoms with Crippen molar-refractivity contribution in [2.45, 2.75) is 159 Å². The lowest BCUT2D eigenvalue weighted by atomic mass is 9.93. The molecule has 0 radical (unpaired) electrons. The molecule has 1 unspecified atom stereocenters. The minimum absolute atomic E-state index is 0.0267. The average molecular weight is 1380 g/mol. The van der Waals surface area contributed by atoms with Crippen molar-refractivity contribution in [2.24, 2.45) is 23.7 Å². The molecule has 97 heavy (non-hydrogen) atoms. The Morgan fingerprint density at radius 1 is 0.732 bits per heavy atom. The summed E-state index contributed by atoms with van der Waals surface area (Å²) in [4.78, 5) is 198. The number of anilines is 1. The molecular weight excluding hydrogens is 1290 g/mol. The first kappa shape index (κ1) is 74.8. The van der Waals surface area contributed by atoms with Crippen molar-refractivity contribution < 1.29 is 96.0 Å². The van der Waals surface area contributed by atoms with E-state index in [0.717, 1.165) is 15.9 Å². The summed E-state index contributed by atoms with van der Waals surface area (Å²) in [6.45, 7) is 7.00. The van der Waals surface area contributed by atoms with Crippen molar-refractivity contribution in [1.29, 1.82) is 0 Å². The maximum atomic E-state index is 15.1. The first-order valence-corrected chi connectivity index (χ1v) is 33.3. The highest BCUT2D eigenvalue weighted by Crippen LogP contribution is 2.32. The van der Waals surface area contributed by atoms with Gasteiger partial charge in [0.05, 0.1) is 49.6 Å². The summed E-state index contributed by atoms with van der Waals surface area (Å²) < 4.78 is 30.2. The summed E-state index contributed by atoms with van der Waals surface area (Å²) in [6, 6.07) is -4.05. The van der Waals surface area contributed by atoms with E-state index in [4.69, 9.17) is 0 Å². The zero-order valence-corrected chi connectivity index (χ0v) is 55.3. The number of hydrogen-bond acceptors (Lipinski definition) is 20. The summed E-state index contributed by atoms with van der Waals surface area (Å²) in [5.74, 6) is -17.7. The van der Waals surface area contributed by atoms with Gasteiger partial charge in [-0.1, -0.05) is 60.1 Å². The molecule has 16 N–H and O–H groups in total. The highest BCUT2D eigenvalue weighted by atomic mass is 32.2. The number of carbonyl (C=O) groups is 14. The lowest BCUT2D eigenvalue weighted by Crippen LogP contribution is -2.62. The first-order valence-electron chi connectivity index (χ1n) is 31.7. The number of phenolic OH excluding ortho intramolecular Hbond substituents is 1. The van der Waals surface area contributed by atoms with Gasteiger partial charge in [0.1, 0.15) is 59.1 Å². The van der Waals surface area contributed by atoms with E-state index in [1.807, 2.05) is 0 Å². The highest BCUT2D eigenvalue weighted by Gasteiger charge is 2.46. The molecule has 2 fully saturated rings. The average Bonchev–Trinajstić information content (AvgIpc) is 1.63. The number of hydrogen-bond donors (Lipinski definition) is 16. The fourth-order valence-electron chi connectivity index (χ4n) is 11.5. The number of aromatic amines is 1. The number of H-pyrrole nitrogens is 1. The summed E-state index contributed by atoms with van der Waals surface area (Å²) in [6.07, 6.45) is -5.47. The van der Waals surface area contributed by atoms with E-state index in [1.54, 1.807) is 34.6 Å². The number of fused-ring (bicyclic) bond motifs is 5. The standard InChI is InChI=1S/C62H84N14O20S/c1-8-29(4)51-57(90)65-23-47(83)68-42-27-97(95,96)60-38(37-14-13-35(78)18-39(37)71-60)20-40(54(87)64-24-48(84)73-51)69-59(92)52(31(6)44(80)26-77)74-56(89)43-19-36(79)25-76(43)62(94)41(70-55(42)88)21-46(82)63-22-33-9-11-34(12-10-33)67-53(86)32(7)66-58(91)50(28(2)3)72-45(81)15-16-75-49(85)17-30(5)61(75)93/h9-14,18,28-32,36,40-44,50-52,71,77-80H,8,15-17,19-27H2,1-7H3,(H,63,82)(H,64,87)(H,65,90)(H,66,91)(H,67,86)(H,68,83)(H,69,92)(H,70,88)(H,72,81)(H,73,84)(H,74,89)/t29-,30?,31-,32-,36+,40-,41-,42-,43-,44-,50-,51-,52-/m0/s1. The Morgan fingerprint density at radius 2 is 1.40 bits per heavy atom. The molecule has 0 aliphatic carbocycles. The predicted octanol–water partition coefficient (Wildman–Crippen LogP) is -5.05. The maximum absolute atomic E-state index is 15.1. The van der Waals surface area contributed by atoms with E-state index in [9.17, 15) is 82.8 Å². The summed E-state index contributed by atoms with van der Waals surface area (Å²) in [5.41, 5.74) is 0.286. The summed E-state index contributed by atoms with van der Waals surface area (Å²) in [7, 11) is -5.05. The Labute approximate surface area is 557 Å². The van der Waals surface area contributed by atoms with Crippen LogP contribution >= 0.6 is 0 Å². The van der Waals surface area contributed by atoms with E-state index >= 15 is 13.2 Å². The van der Waals surface area contributed by atoms with Gasteiger partial charge in [-0.25, -0.2) is 8.42 Å². The molecule has 4 aliphatic heterocycles. The number of imide groups is 1. The topological polar surface area (TPSA) is 509 Å². The van der Waals surface area contributed by atoms with Crippen molar-refractivity contribution in [2.75, 3.05) is 43.9 Å². The molecule has 0 saturated carbocycles. The Morgan fingerprint density at radius 3 is 2.04 bits per heavy atom. The molecule has 2 bridgehead atoms. The van der Waals surface area contributed by atoms with Crippen LogP contribution in [0.25, 0.3) is 10.9 Å². The fraction of sp³-hybridized carbons (Fsp3) is 0.548. The monoisotopic (exact) mass is 1380 g/mol. The number of nitrogens with one attached hydrogen (secondary N) is 12. The second-order valence-electron chi connectivity index (χ2n) is 25.2. The molecule has 1 aromatic heterocycles. The normalized spacial score (nSPS) is 24.7. The van der Waals surface area contributed by atoms with Gasteiger partial charge in [-0.3, -0.25) is 72.0 Å². The zero-order chi connectivity index (χ0) is 71.5. The number of amides is 14. The number of phenols is 1. The predicted molar refractivity (Wildman–Crippen MR) is 340 cm³/mol. The lowest BCUT2D eigenvalue weighted by molar-refractivity contribution is -0.144. The van der Waals surface area contributed by atoms with E-state index in [0.29, 0.717) is 5.56 Å². The molecule has 34 nitrogen and oxygen atoms in total. The van der Waals surface area contributed by atoms with Crippen LogP contribution in [-0.4, -0.2) is 225 Å². The van der Waals surface area contributed by atoms with Crippen molar-refractivity contribution in [3.63, 3.8) is 0 Å².